The van der Waals surface area contributed by atoms with Crippen molar-refractivity contribution in [3.05, 3.63) is 100 Å². The summed E-state index contributed by atoms with van der Waals surface area (Å²) in [4.78, 5) is 36.5. The lowest BCUT2D eigenvalue weighted by atomic mass is 10.0. The van der Waals surface area contributed by atoms with Gasteiger partial charge >= 0.3 is 0 Å². The fourth-order valence-electron chi connectivity index (χ4n) is 3.15. The molecule has 0 radical (unpaired) electrons. The Labute approximate surface area is 171 Å². The van der Waals surface area contributed by atoms with Crippen molar-refractivity contribution >= 4 is 22.6 Å². The Morgan fingerprint density at radius 2 is 1.40 bits per heavy atom. The molecule has 0 bridgehead atoms. The zero-order chi connectivity index (χ0) is 20.9. The summed E-state index contributed by atoms with van der Waals surface area (Å²) in [6, 6.07) is 24.2. The highest BCUT2D eigenvalue weighted by molar-refractivity contribution is 6.05. The highest BCUT2D eigenvalue weighted by Gasteiger charge is 2.14. The molecule has 3 N–H and O–H groups in total. The van der Waals surface area contributed by atoms with E-state index in [9.17, 15) is 14.4 Å². The SMILES string of the molecule is O=C(Cc1ccc(-c2ccccc2)cc1)NNC(=O)c1n[nH]c(=O)c2ccccc12. The van der Waals surface area contributed by atoms with E-state index in [0.717, 1.165) is 16.7 Å². The minimum Gasteiger partial charge on any atom is -0.273 e. The van der Waals surface area contributed by atoms with Gasteiger partial charge in [0.1, 0.15) is 0 Å². The summed E-state index contributed by atoms with van der Waals surface area (Å²) in [5.74, 6) is -0.986. The Morgan fingerprint density at radius 3 is 2.13 bits per heavy atom. The average Bonchev–Trinajstić information content (AvgIpc) is 2.79. The highest BCUT2D eigenvalue weighted by atomic mass is 16.2. The van der Waals surface area contributed by atoms with Crippen molar-refractivity contribution in [3.8, 4) is 11.1 Å². The summed E-state index contributed by atoms with van der Waals surface area (Å²) in [6.07, 6.45) is 0.106. The van der Waals surface area contributed by atoms with E-state index in [1.807, 2.05) is 54.6 Å². The molecule has 4 rings (SSSR count). The first kappa shape index (κ1) is 19.1. The quantitative estimate of drug-likeness (QED) is 0.460. The van der Waals surface area contributed by atoms with Crippen LogP contribution in [0.4, 0.5) is 0 Å². The summed E-state index contributed by atoms with van der Waals surface area (Å²) in [7, 11) is 0. The molecule has 0 saturated carbocycles. The van der Waals surface area contributed by atoms with Crippen molar-refractivity contribution < 1.29 is 9.59 Å². The van der Waals surface area contributed by atoms with Gasteiger partial charge in [-0.1, -0.05) is 72.8 Å². The van der Waals surface area contributed by atoms with Crippen LogP contribution in [0.5, 0.6) is 0 Å². The Kier molecular flexibility index (Phi) is 5.34. The third-order valence-corrected chi connectivity index (χ3v) is 4.65. The molecule has 0 saturated heterocycles. The monoisotopic (exact) mass is 398 g/mol. The third kappa shape index (κ3) is 4.10. The topological polar surface area (TPSA) is 104 Å². The van der Waals surface area contributed by atoms with Gasteiger partial charge in [-0.25, -0.2) is 5.10 Å². The number of nitrogens with zero attached hydrogens (tertiary/aromatic N) is 1. The number of amides is 2. The van der Waals surface area contributed by atoms with Crippen molar-refractivity contribution in [1.82, 2.24) is 21.0 Å². The molecule has 1 aromatic heterocycles. The molecule has 2 amide bonds. The number of hydrazine groups is 1. The van der Waals surface area contributed by atoms with Gasteiger partial charge in [-0.15, -0.1) is 0 Å². The largest absolute Gasteiger partial charge is 0.290 e. The van der Waals surface area contributed by atoms with Crippen molar-refractivity contribution in [3.63, 3.8) is 0 Å². The van der Waals surface area contributed by atoms with Crippen LogP contribution in [0.15, 0.2) is 83.7 Å². The number of H-pyrrole nitrogens is 1. The van der Waals surface area contributed by atoms with Crippen LogP contribution < -0.4 is 16.4 Å². The second kappa shape index (κ2) is 8.40. The number of aromatic amines is 1. The molecule has 0 unspecified atom stereocenters. The van der Waals surface area contributed by atoms with Crippen molar-refractivity contribution in [1.29, 1.82) is 0 Å². The molecular formula is C23H18N4O3. The van der Waals surface area contributed by atoms with Gasteiger partial charge in [-0.05, 0) is 22.8 Å². The van der Waals surface area contributed by atoms with Crippen molar-refractivity contribution in [2.45, 2.75) is 6.42 Å². The molecule has 0 atom stereocenters. The fourth-order valence-corrected chi connectivity index (χ4v) is 3.15. The van der Waals surface area contributed by atoms with E-state index < -0.39 is 5.91 Å². The second-order valence-electron chi connectivity index (χ2n) is 6.69. The molecule has 0 aliphatic rings. The van der Waals surface area contributed by atoms with Gasteiger partial charge in [0.2, 0.25) is 5.91 Å². The summed E-state index contributed by atoms with van der Waals surface area (Å²) in [6.45, 7) is 0. The van der Waals surface area contributed by atoms with Gasteiger partial charge in [0.15, 0.2) is 5.69 Å². The zero-order valence-corrected chi connectivity index (χ0v) is 15.9. The first-order valence-electron chi connectivity index (χ1n) is 9.33. The van der Waals surface area contributed by atoms with Crippen LogP contribution in [0.1, 0.15) is 16.1 Å². The third-order valence-electron chi connectivity index (χ3n) is 4.65. The van der Waals surface area contributed by atoms with Gasteiger partial charge in [-0.3, -0.25) is 25.2 Å². The number of hydrogen-bond donors (Lipinski definition) is 3. The lowest BCUT2D eigenvalue weighted by molar-refractivity contribution is -0.121. The average molecular weight is 398 g/mol. The predicted molar refractivity (Wildman–Crippen MR) is 114 cm³/mol. The molecule has 1 heterocycles. The summed E-state index contributed by atoms with van der Waals surface area (Å²) < 4.78 is 0. The standard InChI is InChI=1S/C23H18N4O3/c28-20(14-15-10-12-17(13-11-15)16-6-2-1-3-7-16)24-27-23(30)21-18-8-4-5-9-19(18)22(29)26-25-21/h1-13H,14H2,(H,24,28)(H,26,29)(H,27,30). The van der Waals surface area contributed by atoms with Crippen LogP contribution in [0.2, 0.25) is 0 Å². The number of nitrogens with one attached hydrogen (secondary N) is 3. The van der Waals surface area contributed by atoms with Crippen molar-refractivity contribution in [2.24, 2.45) is 0 Å². The molecule has 0 spiro atoms. The van der Waals surface area contributed by atoms with Crippen molar-refractivity contribution in [2.75, 3.05) is 0 Å². The normalized spacial score (nSPS) is 10.5. The minimum atomic E-state index is -0.616. The molecule has 0 fully saturated rings. The molecule has 7 nitrogen and oxygen atoms in total. The highest BCUT2D eigenvalue weighted by Crippen LogP contribution is 2.19. The second-order valence-corrected chi connectivity index (χ2v) is 6.69. The molecule has 3 aromatic carbocycles. The molecule has 4 aromatic rings. The number of aromatic nitrogens is 2. The Bertz CT molecular complexity index is 1270. The van der Waals surface area contributed by atoms with E-state index >= 15 is 0 Å². The molecule has 148 valence electrons. The number of benzene rings is 3. The van der Waals surface area contributed by atoms with E-state index in [4.69, 9.17) is 0 Å². The van der Waals surface area contributed by atoms with E-state index in [1.165, 1.54) is 0 Å². The zero-order valence-electron chi connectivity index (χ0n) is 15.9. The molecule has 0 aliphatic heterocycles. The van der Waals surface area contributed by atoms with Crippen LogP contribution in [-0.4, -0.2) is 22.0 Å². The maximum absolute atomic E-state index is 12.4. The van der Waals surface area contributed by atoms with E-state index in [0.29, 0.717) is 10.8 Å². The van der Waals surface area contributed by atoms with Gasteiger partial charge in [0.25, 0.3) is 11.5 Å². The smallest absolute Gasteiger partial charge is 0.273 e. The summed E-state index contributed by atoms with van der Waals surface area (Å²) >= 11 is 0. The number of carbonyl (C=O) groups excluding carboxylic acids is 2. The predicted octanol–water partition coefficient (Wildman–Crippen LogP) is 2.59. The Morgan fingerprint density at radius 1 is 0.767 bits per heavy atom. The summed E-state index contributed by atoms with van der Waals surface area (Å²) in [5, 5.41) is 6.85. The van der Waals surface area contributed by atoms with Gasteiger partial charge in [0.05, 0.1) is 11.8 Å². The molecule has 7 heteroatoms. The van der Waals surface area contributed by atoms with E-state index in [-0.39, 0.29) is 23.6 Å². The maximum Gasteiger partial charge on any atom is 0.290 e. The molecule has 30 heavy (non-hydrogen) atoms. The number of hydrogen-bond acceptors (Lipinski definition) is 4. The Hall–Kier alpha value is -4.26. The first-order valence-corrected chi connectivity index (χ1v) is 9.33. The van der Waals surface area contributed by atoms with E-state index in [2.05, 4.69) is 21.0 Å². The first-order chi connectivity index (χ1) is 14.6. The maximum atomic E-state index is 12.4. The van der Waals surface area contributed by atoms with E-state index in [1.54, 1.807) is 24.3 Å². The fraction of sp³-hybridized carbons (Fsp3) is 0.0435. The molecule has 0 aliphatic carbocycles. The lowest BCUT2D eigenvalue weighted by Gasteiger charge is -2.09. The number of fused-ring (bicyclic) bond motifs is 1. The van der Waals surface area contributed by atoms with Crippen LogP contribution in [0, 0.1) is 0 Å². The van der Waals surface area contributed by atoms with Gasteiger partial charge in [-0.2, -0.15) is 5.10 Å². The minimum absolute atomic E-state index is 0.0257. The number of rotatable bonds is 4. The van der Waals surface area contributed by atoms with Gasteiger partial charge < -0.3 is 0 Å². The summed E-state index contributed by atoms with van der Waals surface area (Å²) in [5.41, 5.74) is 7.34. The lowest BCUT2D eigenvalue weighted by Crippen LogP contribution is -2.43. The van der Waals surface area contributed by atoms with Crippen LogP contribution in [-0.2, 0) is 11.2 Å². The Balaban J connectivity index is 1.39. The van der Waals surface area contributed by atoms with Crippen LogP contribution >= 0.6 is 0 Å². The van der Waals surface area contributed by atoms with Gasteiger partial charge in [0, 0.05) is 5.39 Å². The molecular weight excluding hydrogens is 380 g/mol. The van der Waals surface area contributed by atoms with Crippen LogP contribution in [0.3, 0.4) is 0 Å². The van der Waals surface area contributed by atoms with Crippen LogP contribution in [0.25, 0.3) is 21.9 Å². The number of carbonyl (C=O) groups is 2.